The first kappa shape index (κ1) is 30.2. The Hall–Kier alpha value is -0.870. The van der Waals surface area contributed by atoms with Gasteiger partial charge in [0.25, 0.3) is 0 Å². The summed E-state index contributed by atoms with van der Waals surface area (Å²) in [4.78, 5) is 12.3. The third-order valence-electron chi connectivity index (χ3n) is 4.93. The van der Waals surface area contributed by atoms with Gasteiger partial charge in [-0.25, -0.2) is 13.2 Å². The smallest absolute Gasteiger partial charge is 0.328 e. The van der Waals surface area contributed by atoms with Crippen molar-refractivity contribution in [3.63, 3.8) is 0 Å². The number of benzene rings is 1. The van der Waals surface area contributed by atoms with E-state index in [1.165, 1.54) is 69.6 Å². The average Bonchev–Trinajstić information content (AvgIpc) is 2.79. The summed E-state index contributed by atoms with van der Waals surface area (Å²) < 4.78 is 71.1. The van der Waals surface area contributed by atoms with Crippen LogP contribution < -0.4 is 4.74 Å². The summed E-state index contributed by atoms with van der Waals surface area (Å²) in [5, 5.41) is 0. The molecule has 0 atom stereocenters. The number of carbonyl (C=O) groups is 1. The van der Waals surface area contributed by atoms with Crippen LogP contribution in [0.3, 0.4) is 0 Å². The van der Waals surface area contributed by atoms with Crippen LogP contribution in [0.25, 0.3) is 0 Å². The molecule has 2 nitrogen and oxygen atoms in total. The molecule has 0 aliphatic rings. The van der Waals surface area contributed by atoms with Gasteiger partial charge in [-0.2, -0.15) is 8.78 Å². The monoisotopic (exact) mass is 530 g/mol. The van der Waals surface area contributed by atoms with Crippen molar-refractivity contribution in [2.24, 2.45) is 0 Å². The Labute approximate surface area is 206 Å². The Kier molecular flexibility index (Phi) is 13.9. The molecule has 0 spiro atoms. The standard InChI is InChI=1S/C23H31F5O2S3/c1-4-5-6-7-8-9-10-11-12-13-14-15(31)32-33-23(2,3)22(29)30-21-19(27)17(25)16(24)18(26)20(21)28/h4-14H2,1-3H3. The quantitative estimate of drug-likeness (QED) is 0.0329. The van der Waals surface area contributed by atoms with Gasteiger partial charge in [0.1, 0.15) is 4.75 Å². The molecule has 0 aliphatic carbocycles. The SMILES string of the molecule is CCCCCCCCCCCCC(=S)SSC(C)(C)C(=O)Oc1c(F)c(F)c(F)c(F)c1F. The molecule has 0 bridgehead atoms. The molecule has 1 aromatic carbocycles. The van der Waals surface area contributed by atoms with Crippen LogP contribution in [0, 0.1) is 29.1 Å². The maximum absolute atomic E-state index is 13.8. The molecule has 1 rings (SSSR count). The van der Waals surface area contributed by atoms with E-state index in [4.69, 9.17) is 12.2 Å². The van der Waals surface area contributed by atoms with E-state index in [9.17, 15) is 26.7 Å². The fourth-order valence-corrected chi connectivity index (χ4v) is 5.32. The molecule has 188 valence electrons. The number of rotatable bonds is 15. The number of esters is 1. The first-order chi connectivity index (χ1) is 15.5. The van der Waals surface area contributed by atoms with Gasteiger partial charge in [-0.05, 0) is 37.5 Å². The maximum Gasteiger partial charge on any atom is 0.328 e. The molecular formula is C23H31F5O2S3. The zero-order valence-electron chi connectivity index (χ0n) is 19.2. The minimum atomic E-state index is -2.31. The first-order valence-corrected chi connectivity index (χ1v) is 13.7. The lowest BCUT2D eigenvalue weighted by molar-refractivity contribution is -0.136. The van der Waals surface area contributed by atoms with E-state index in [0.717, 1.165) is 30.1 Å². The fourth-order valence-electron chi connectivity index (χ4n) is 2.87. The Balaban J connectivity index is 2.38. The number of halogens is 5. The second-order valence-electron chi connectivity index (χ2n) is 8.27. The molecular weight excluding hydrogens is 499 g/mol. The van der Waals surface area contributed by atoms with Crippen LogP contribution in [0.15, 0.2) is 0 Å². The predicted octanol–water partition coefficient (Wildman–Crippen LogP) is 9.09. The molecule has 0 heterocycles. The van der Waals surface area contributed by atoms with Crippen molar-refractivity contribution in [3.05, 3.63) is 29.1 Å². The third-order valence-corrected chi connectivity index (χ3v) is 8.86. The Morgan fingerprint density at radius 3 is 1.70 bits per heavy atom. The van der Waals surface area contributed by atoms with Crippen molar-refractivity contribution in [2.45, 2.75) is 96.1 Å². The zero-order valence-corrected chi connectivity index (χ0v) is 21.7. The van der Waals surface area contributed by atoms with Gasteiger partial charge >= 0.3 is 5.97 Å². The maximum atomic E-state index is 13.8. The predicted molar refractivity (Wildman–Crippen MR) is 130 cm³/mol. The van der Waals surface area contributed by atoms with Crippen LogP contribution in [-0.4, -0.2) is 14.9 Å². The highest BCUT2D eigenvalue weighted by Crippen LogP contribution is 2.39. The summed E-state index contributed by atoms with van der Waals surface area (Å²) in [7, 11) is 2.18. The molecule has 0 fully saturated rings. The number of hydrogen-bond acceptors (Lipinski definition) is 5. The highest BCUT2D eigenvalue weighted by atomic mass is 33.1. The van der Waals surface area contributed by atoms with Crippen LogP contribution in [0.1, 0.15) is 91.4 Å². The molecule has 10 heteroatoms. The Morgan fingerprint density at radius 1 is 0.788 bits per heavy atom. The number of carbonyl (C=O) groups excluding carboxylic acids is 1. The topological polar surface area (TPSA) is 26.3 Å². The van der Waals surface area contributed by atoms with E-state index in [2.05, 4.69) is 11.7 Å². The van der Waals surface area contributed by atoms with Gasteiger partial charge < -0.3 is 4.74 Å². The molecule has 33 heavy (non-hydrogen) atoms. The van der Waals surface area contributed by atoms with Crippen molar-refractivity contribution in [2.75, 3.05) is 0 Å². The second-order valence-corrected chi connectivity index (χ2v) is 11.9. The van der Waals surface area contributed by atoms with Crippen molar-refractivity contribution in [1.29, 1.82) is 0 Å². The van der Waals surface area contributed by atoms with Crippen molar-refractivity contribution >= 4 is 44.0 Å². The van der Waals surface area contributed by atoms with E-state index in [1.807, 2.05) is 0 Å². The highest BCUT2D eigenvalue weighted by molar-refractivity contribution is 8.84. The molecule has 0 aromatic heterocycles. The van der Waals surface area contributed by atoms with E-state index >= 15 is 0 Å². The summed E-state index contributed by atoms with van der Waals surface area (Å²) in [5.74, 6) is -13.8. The van der Waals surface area contributed by atoms with E-state index in [0.29, 0.717) is 10.6 Å². The van der Waals surface area contributed by atoms with Gasteiger partial charge in [-0.1, -0.05) is 87.7 Å². The van der Waals surface area contributed by atoms with E-state index in [1.54, 1.807) is 0 Å². The normalized spacial score (nSPS) is 11.6. The Morgan fingerprint density at radius 2 is 1.21 bits per heavy atom. The van der Waals surface area contributed by atoms with Gasteiger partial charge in [0.2, 0.25) is 34.8 Å². The van der Waals surface area contributed by atoms with Crippen molar-refractivity contribution in [3.8, 4) is 5.75 Å². The number of hydrogen-bond donors (Lipinski definition) is 0. The molecule has 1 aromatic rings. The second kappa shape index (κ2) is 15.2. The van der Waals surface area contributed by atoms with Crippen LogP contribution in [0.2, 0.25) is 0 Å². The molecule has 0 N–H and O–H groups in total. The van der Waals surface area contributed by atoms with Crippen LogP contribution in [0.5, 0.6) is 5.75 Å². The molecule has 0 unspecified atom stereocenters. The largest absolute Gasteiger partial charge is 0.419 e. The van der Waals surface area contributed by atoms with Gasteiger partial charge in [0.05, 0.1) is 4.20 Å². The molecule has 0 saturated heterocycles. The number of thiocarbonyl (C=S) groups is 1. The van der Waals surface area contributed by atoms with Gasteiger partial charge in [-0.15, -0.1) is 0 Å². The molecule has 0 saturated carbocycles. The summed E-state index contributed by atoms with van der Waals surface area (Å²) in [6, 6.07) is 0. The summed E-state index contributed by atoms with van der Waals surface area (Å²) in [5.41, 5.74) is 0. The number of unbranched alkanes of at least 4 members (excludes halogenated alkanes) is 9. The lowest BCUT2D eigenvalue weighted by atomic mass is 10.1. The van der Waals surface area contributed by atoms with Crippen LogP contribution in [0.4, 0.5) is 22.0 Å². The third kappa shape index (κ3) is 10.1. The lowest BCUT2D eigenvalue weighted by Crippen LogP contribution is -2.32. The highest BCUT2D eigenvalue weighted by Gasteiger charge is 2.35. The summed E-state index contributed by atoms with van der Waals surface area (Å²) in [6.07, 6.45) is 12.7. The zero-order chi connectivity index (χ0) is 25.0. The van der Waals surface area contributed by atoms with Crippen LogP contribution >= 0.6 is 33.8 Å². The Bertz CT molecular complexity index is 774. The molecule has 0 radical (unpaired) electrons. The van der Waals surface area contributed by atoms with Gasteiger partial charge in [0, 0.05) is 0 Å². The van der Waals surface area contributed by atoms with E-state index in [-0.39, 0.29) is 0 Å². The summed E-state index contributed by atoms with van der Waals surface area (Å²) >= 11 is 5.32. The van der Waals surface area contributed by atoms with E-state index < -0.39 is 45.6 Å². The van der Waals surface area contributed by atoms with Crippen molar-refractivity contribution < 1.29 is 31.5 Å². The fraction of sp³-hybridized carbons (Fsp3) is 0.652. The number of ether oxygens (including phenoxy) is 1. The summed E-state index contributed by atoms with van der Waals surface area (Å²) in [6.45, 7) is 5.04. The average molecular weight is 531 g/mol. The minimum absolute atomic E-state index is 0.664. The van der Waals surface area contributed by atoms with Crippen LogP contribution in [-0.2, 0) is 4.79 Å². The van der Waals surface area contributed by atoms with Gasteiger partial charge in [-0.3, -0.25) is 4.79 Å². The first-order valence-electron chi connectivity index (χ1n) is 11.1. The van der Waals surface area contributed by atoms with Gasteiger partial charge in [0.15, 0.2) is 0 Å². The molecule has 0 aliphatic heterocycles. The minimum Gasteiger partial charge on any atom is -0.419 e. The molecule has 0 amide bonds. The lowest BCUT2D eigenvalue weighted by Gasteiger charge is -2.21. The van der Waals surface area contributed by atoms with Crippen molar-refractivity contribution in [1.82, 2.24) is 0 Å².